The molecule has 0 unspecified atom stereocenters. The molecule has 0 bridgehead atoms. The monoisotopic (exact) mass is 269 g/mol. The Morgan fingerprint density at radius 3 is 2.56 bits per heavy atom. The van der Waals surface area contributed by atoms with Crippen LogP contribution in [-0.2, 0) is 4.79 Å². The molecule has 0 saturated heterocycles. The highest BCUT2D eigenvalue weighted by molar-refractivity contribution is 7.99. The third-order valence-corrected chi connectivity index (χ3v) is 3.17. The van der Waals surface area contributed by atoms with Crippen LogP contribution in [0.15, 0.2) is 11.2 Å². The summed E-state index contributed by atoms with van der Waals surface area (Å²) in [5.41, 5.74) is 11.1. The summed E-state index contributed by atoms with van der Waals surface area (Å²) in [6.45, 7) is 2.87. The fraction of sp³-hybridized carbons (Fsp3) is 0.545. The van der Waals surface area contributed by atoms with Gasteiger partial charge in [-0.05, 0) is 6.42 Å². The van der Waals surface area contributed by atoms with Gasteiger partial charge in [-0.15, -0.1) is 0 Å². The number of nitrogen functional groups attached to an aromatic ring is 2. The fourth-order valence-corrected chi connectivity index (χ4v) is 2.10. The summed E-state index contributed by atoms with van der Waals surface area (Å²) in [6.07, 6.45) is 2.08. The molecule has 1 rings (SSSR count). The molecule has 1 amide bonds. The second-order valence-electron chi connectivity index (χ2n) is 3.96. The maximum atomic E-state index is 11.8. The molecule has 0 fully saturated rings. The van der Waals surface area contributed by atoms with Crippen molar-refractivity contribution in [2.45, 2.75) is 24.9 Å². The molecule has 7 heteroatoms. The van der Waals surface area contributed by atoms with Gasteiger partial charge >= 0.3 is 0 Å². The summed E-state index contributed by atoms with van der Waals surface area (Å²) in [5, 5.41) is 0.435. The number of carbonyl (C=O) groups is 1. The van der Waals surface area contributed by atoms with Gasteiger partial charge in [-0.25, -0.2) is 9.97 Å². The van der Waals surface area contributed by atoms with Crippen molar-refractivity contribution in [3.8, 4) is 0 Å². The molecule has 0 spiro atoms. The number of rotatable bonds is 6. The van der Waals surface area contributed by atoms with E-state index in [1.54, 1.807) is 11.9 Å². The van der Waals surface area contributed by atoms with Crippen LogP contribution in [0.1, 0.15) is 19.8 Å². The van der Waals surface area contributed by atoms with Crippen LogP contribution < -0.4 is 11.5 Å². The zero-order valence-corrected chi connectivity index (χ0v) is 11.5. The highest BCUT2D eigenvalue weighted by Crippen LogP contribution is 2.16. The lowest BCUT2D eigenvalue weighted by Crippen LogP contribution is -2.29. The van der Waals surface area contributed by atoms with Gasteiger partial charge in [-0.2, -0.15) is 0 Å². The van der Waals surface area contributed by atoms with Crippen LogP contribution in [0.4, 0.5) is 11.6 Å². The highest BCUT2D eigenvalue weighted by atomic mass is 32.2. The molecule has 4 N–H and O–H groups in total. The summed E-state index contributed by atoms with van der Waals surface area (Å²) < 4.78 is 0. The maximum absolute atomic E-state index is 11.8. The van der Waals surface area contributed by atoms with E-state index in [2.05, 4.69) is 16.9 Å². The minimum atomic E-state index is 0.0537. The van der Waals surface area contributed by atoms with Gasteiger partial charge in [0.25, 0.3) is 0 Å². The number of thioether (sulfide) groups is 1. The van der Waals surface area contributed by atoms with Gasteiger partial charge in [0, 0.05) is 19.7 Å². The van der Waals surface area contributed by atoms with Crippen LogP contribution >= 0.6 is 11.8 Å². The van der Waals surface area contributed by atoms with Gasteiger partial charge in [0.15, 0.2) is 5.16 Å². The lowest BCUT2D eigenvalue weighted by Gasteiger charge is -2.16. The first-order valence-electron chi connectivity index (χ1n) is 5.79. The Kier molecular flexibility index (Phi) is 5.70. The molecule has 0 radical (unpaired) electrons. The van der Waals surface area contributed by atoms with Crippen molar-refractivity contribution in [3.63, 3.8) is 0 Å². The first-order valence-corrected chi connectivity index (χ1v) is 6.78. The van der Waals surface area contributed by atoms with E-state index < -0.39 is 0 Å². The summed E-state index contributed by atoms with van der Waals surface area (Å²) in [6, 6.07) is 1.49. The average molecular weight is 269 g/mol. The zero-order chi connectivity index (χ0) is 13.5. The minimum Gasteiger partial charge on any atom is -0.383 e. The van der Waals surface area contributed by atoms with E-state index in [1.807, 2.05) is 0 Å². The van der Waals surface area contributed by atoms with Crippen LogP contribution in [0.3, 0.4) is 0 Å². The molecule has 0 atom stereocenters. The van der Waals surface area contributed by atoms with E-state index >= 15 is 0 Å². The van der Waals surface area contributed by atoms with Crippen molar-refractivity contribution in [2.24, 2.45) is 0 Å². The van der Waals surface area contributed by atoms with E-state index in [9.17, 15) is 4.79 Å². The standard InChI is InChI=1S/C11H19N5OS/c1-3-4-5-16(2)10(17)7-18-11-14-8(12)6-9(13)15-11/h6H,3-5,7H2,1-2H3,(H4,12,13,14,15). The molecule has 1 aromatic rings. The number of carbonyl (C=O) groups excluding carboxylic acids is 1. The van der Waals surface area contributed by atoms with Crippen molar-refractivity contribution < 1.29 is 4.79 Å². The van der Waals surface area contributed by atoms with Crippen molar-refractivity contribution in [3.05, 3.63) is 6.07 Å². The molecular weight excluding hydrogens is 250 g/mol. The predicted molar refractivity (Wildman–Crippen MR) is 74.1 cm³/mol. The molecule has 1 aromatic heterocycles. The first kappa shape index (κ1) is 14.6. The molecule has 0 aliphatic carbocycles. The van der Waals surface area contributed by atoms with Crippen LogP contribution in [0, 0.1) is 0 Å². The number of nitrogens with two attached hydrogens (primary N) is 2. The lowest BCUT2D eigenvalue weighted by molar-refractivity contribution is -0.127. The smallest absolute Gasteiger partial charge is 0.232 e. The number of anilines is 2. The van der Waals surface area contributed by atoms with E-state index in [4.69, 9.17) is 11.5 Å². The normalized spacial score (nSPS) is 10.3. The SMILES string of the molecule is CCCCN(C)C(=O)CSc1nc(N)cc(N)n1. The Morgan fingerprint density at radius 1 is 1.39 bits per heavy atom. The maximum Gasteiger partial charge on any atom is 0.232 e. The third kappa shape index (κ3) is 4.79. The zero-order valence-electron chi connectivity index (χ0n) is 10.7. The van der Waals surface area contributed by atoms with Gasteiger partial charge in [-0.3, -0.25) is 4.79 Å². The third-order valence-electron chi connectivity index (χ3n) is 2.34. The predicted octanol–water partition coefficient (Wildman–Crippen LogP) is 0.992. The number of nitrogens with zero attached hydrogens (tertiary/aromatic N) is 3. The van der Waals surface area contributed by atoms with Crippen molar-refractivity contribution in [2.75, 3.05) is 30.8 Å². The van der Waals surface area contributed by atoms with Gasteiger partial charge in [0.2, 0.25) is 5.91 Å². The first-order chi connectivity index (χ1) is 8.52. The van der Waals surface area contributed by atoms with Crippen LogP contribution in [0.2, 0.25) is 0 Å². The summed E-state index contributed by atoms with van der Waals surface area (Å²) >= 11 is 1.25. The van der Waals surface area contributed by atoms with Crippen molar-refractivity contribution >= 4 is 29.3 Å². The van der Waals surface area contributed by atoms with Gasteiger partial charge < -0.3 is 16.4 Å². The minimum absolute atomic E-state index is 0.0537. The Morgan fingerprint density at radius 2 is 2.00 bits per heavy atom. The number of amides is 1. The van der Waals surface area contributed by atoms with Crippen molar-refractivity contribution in [1.29, 1.82) is 0 Å². The molecule has 6 nitrogen and oxygen atoms in total. The molecule has 0 aliphatic heterocycles. The molecular formula is C11H19N5OS. The molecule has 100 valence electrons. The Labute approximate surface area is 111 Å². The second kappa shape index (κ2) is 7.05. The molecule has 0 aromatic carbocycles. The van der Waals surface area contributed by atoms with Crippen LogP contribution in [-0.4, -0.2) is 40.1 Å². The lowest BCUT2D eigenvalue weighted by atomic mass is 10.3. The van der Waals surface area contributed by atoms with Crippen LogP contribution in [0.5, 0.6) is 0 Å². The average Bonchev–Trinajstić information content (AvgIpc) is 2.31. The van der Waals surface area contributed by atoms with E-state index in [0.29, 0.717) is 22.5 Å². The van der Waals surface area contributed by atoms with Gasteiger partial charge in [0.1, 0.15) is 11.6 Å². The topological polar surface area (TPSA) is 98.1 Å². The van der Waals surface area contributed by atoms with E-state index in [1.165, 1.54) is 17.8 Å². The van der Waals surface area contributed by atoms with E-state index in [-0.39, 0.29) is 5.91 Å². The summed E-state index contributed by atoms with van der Waals surface area (Å²) in [5.74, 6) is 0.981. The molecule has 18 heavy (non-hydrogen) atoms. The highest BCUT2D eigenvalue weighted by Gasteiger charge is 2.10. The molecule has 0 saturated carbocycles. The summed E-state index contributed by atoms with van der Waals surface area (Å²) in [7, 11) is 1.80. The van der Waals surface area contributed by atoms with Gasteiger partial charge in [-0.1, -0.05) is 25.1 Å². The quantitative estimate of drug-likeness (QED) is 0.590. The number of hydrogen-bond donors (Lipinski definition) is 2. The second-order valence-corrected chi connectivity index (χ2v) is 4.90. The van der Waals surface area contributed by atoms with E-state index in [0.717, 1.165) is 19.4 Å². The largest absolute Gasteiger partial charge is 0.383 e. The Bertz CT molecular complexity index is 392. The number of unbranched alkanes of at least 4 members (excludes halogenated alkanes) is 1. The van der Waals surface area contributed by atoms with Gasteiger partial charge in [0.05, 0.1) is 5.75 Å². The van der Waals surface area contributed by atoms with Crippen molar-refractivity contribution in [1.82, 2.24) is 14.9 Å². The Hall–Kier alpha value is -1.50. The summed E-state index contributed by atoms with van der Waals surface area (Å²) in [4.78, 5) is 21.5. The number of hydrogen-bond acceptors (Lipinski definition) is 6. The molecule has 1 heterocycles. The Balaban J connectivity index is 2.46. The van der Waals surface area contributed by atoms with Crippen LogP contribution in [0.25, 0.3) is 0 Å². The fourth-order valence-electron chi connectivity index (χ4n) is 1.28. The number of aromatic nitrogens is 2. The molecule has 0 aliphatic rings.